The molecule has 1 heterocycles. The Hall–Kier alpha value is -2.03. The van der Waals surface area contributed by atoms with Crippen molar-refractivity contribution < 1.29 is 19.0 Å². The Morgan fingerprint density at radius 3 is 2.48 bits per heavy atom. The molecule has 3 N–H and O–H groups in total. The lowest BCUT2D eigenvalue weighted by molar-refractivity contribution is 0.0949. The largest absolute Gasteiger partial charge is 0.493 e. The van der Waals surface area contributed by atoms with Gasteiger partial charge in [0.15, 0.2) is 11.5 Å². The molecule has 1 amide bonds. The van der Waals surface area contributed by atoms with E-state index in [9.17, 15) is 4.79 Å². The second-order valence-electron chi connectivity index (χ2n) is 4.83. The van der Waals surface area contributed by atoms with Gasteiger partial charge in [-0.2, -0.15) is 0 Å². The lowest BCUT2D eigenvalue weighted by Gasteiger charge is -2.15. The average Bonchev–Trinajstić information content (AvgIpc) is 3.10. The van der Waals surface area contributed by atoms with Crippen molar-refractivity contribution in [1.82, 2.24) is 10.3 Å². The maximum atomic E-state index is 12.1. The Balaban J connectivity index is 0.00000312. The van der Waals surface area contributed by atoms with E-state index >= 15 is 0 Å². The number of halogens is 1. The molecule has 9 heteroatoms. The van der Waals surface area contributed by atoms with Crippen LogP contribution in [0.5, 0.6) is 17.2 Å². The molecular weight excluding hydrogens is 366 g/mol. The highest BCUT2D eigenvalue weighted by Crippen LogP contribution is 2.39. The number of carbonyl (C=O) groups excluding carboxylic acids is 1. The molecule has 0 aliphatic carbocycles. The van der Waals surface area contributed by atoms with Crippen LogP contribution in [0.15, 0.2) is 17.5 Å². The first-order chi connectivity index (χ1) is 11.6. The van der Waals surface area contributed by atoms with Crippen molar-refractivity contribution in [1.29, 1.82) is 0 Å². The number of carbonyl (C=O) groups is 1. The van der Waals surface area contributed by atoms with Gasteiger partial charge in [0.2, 0.25) is 5.75 Å². The van der Waals surface area contributed by atoms with E-state index in [1.54, 1.807) is 26.7 Å². The van der Waals surface area contributed by atoms with Crippen molar-refractivity contribution in [2.24, 2.45) is 5.73 Å². The van der Waals surface area contributed by atoms with Gasteiger partial charge in [0.25, 0.3) is 5.91 Å². The molecule has 0 bridgehead atoms. The summed E-state index contributed by atoms with van der Waals surface area (Å²) in [5.74, 6) is 1.52. The number of methoxy groups -OCH3 is 3. The number of nitrogens with one attached hydrogen (secondary N) is 1. The van der Waals surface area contributed by atoms with Crippen LogP contribution >= 0.6 is 23.7 Å². The van der Waals surface area contributed by atoms with E-state index in [1.807, 2.05) is 12.1 Å². The second-order valence-corrected chi connectivity index (χ2v) is 5.77. The maximum absolute atomic E-state index is 12.1. The molecule has 0 spiro atoms. The number of ether oxygens (including phenoxy) is 3. The van der Waals surface area contributed by atoms with Crippen LogP contribution in [0.2, 0.25) is 0 Å². The minimum absolute atomic E-state index is 0. The lowest BCUT2D eigenvalue weighted by Crippen LogP contribution is -2.26. The van der Waals surface area contributed by atoms with E-state index in [4.69, 9.17) is 19.9 Å². The number of rotatable bonds is 8. The first-order valence-corrected chi connectivity index (χ1v) is 8.23. The van der Waals surface area contributed by atoms with Crippen LogP contribution in [0.3, 0.4) is 0 Å². The molecule has 0 aliphatic heterocycles. The smallest absolute Gasteiger partial charge is 0.270 e. The van der Waals surface area contributed by atoms with Gasteiger partial charge < -0.3 is 25.3 Å². The van der Waals surface area contributed by atoms with Crippen molar-refractivity contribution in [3.05, 3.63) is 33.8 Å². The van der Waals surface area contributed by atoms with Gasteiger partial charge >= 0.3 is 0 Å². The van der Waals surface area contributed by atoms with Crippen LogP contribution in [-0.4, -0.2) is 38.8 Å². The summed E-state index contributed by atoms with van der Waals surface area (Å²) >= 11 is 1.38. The Morgan fingerprint density at radius 2 is 1.92 bits per heavy atom. The second kappa shape index (κ2) is 10.1. The molecule has 1 aromatic carbocycles. The Bertz CT molecular complexity index is 709. The molecule has 0 radical (unpaired) electrons. The third-order valence-corrected chi connectivity index (χ3v) is 4.30. The van der Waals surface area contributed by atoms with Crippen molar-refractivity contribution in [2.75, 3.05) is 27.9 Å². The zero-order chi connectivity index (χ0) is 17.5. The number of benzene rings is 1. The molecule has 0 unspecified atom stereocenters. The summed E-state index contributed by atoms with van der Waals surface area (Å²) in [4.78, 5) is 16.2. The molecule has 0 atom stereocenters. The summed E-state index contributed by atoms with van der Waals surface area (Å²) in [6.45, 7) is 0.779. The number of hydrogen-bond donors (Lipinski definition) is 2. The van der Waals surface area contributed by atoms with Gasteiger partial charge in [-0.25, -0.2) is 4.98 Å². The summed E-state index contributed by atoms with van der Waals surface area (Å²) < 4.78 is 16.0. The van der Waals surface area contributed by atoms with Gasteiger partial charge in [-0.15, -0.1) is 23.7 Å². The molecule has 0 saturated carbocycles. The van der Waals surface area contributed by atoms with Gasteiger partial charge in [0.1, 0.15) is 10.7 Å². The zero-order valence-electron chi connectivity index (χ0n) is 14.3. The number of nitrogens with two attached hydrogens (primary N) is 1. The zero-order valence-corrected chi connectivity index (χ0v) is 16.0. The number of thiazole rings is 1. The molecule has 7 nitrogen and oxygen atoms in total. The maximum Gasteiger partial charge on any atom is 0.270 e. The first-order valence-electron chi connectivity index (χ1n) is 7.35. The number of hydrogen-bond acceptors (Lipinski definition) is 7. The normalized spacial score (nSPS) is 9.92. The van der Waals surface area contributed by atoms with Gasteiger partial charge in [-0.3, -0.25) is 4.79 Å². The quantitative estimate of drug-likeness (QED) is 0.719. The van der Waals surface area contributed by atoms with Crippen molar-refractivity contribution in [3.8, 4) is 17.2 Å². The van der Waals surface area contributed by atoms with E-state index in [2.05, 4.69) is 10.3 Å². The summed E-state index contributed by atoms with van der Waals surface area (Å²) in [6.07, 6.45) is 0.586. The first kappa shape index (κ1) is 21.0. The highest BCUT2D eigenvalue weighted by Gasteiger charge is 2.16. The SMILES string of the molecule is COc1ccc(CCNC(=O)c2csc(CN)n2)c(OC)c1OC.Cl. The highest BCUT2D eigenvalue weighted by molar-refractivity contribution is 7.09. The molecule has 138 valence electrons. The van der Waals surface area contributed by atoms with E-state index in [-0.39, 0.29) is 18.3 Å². The van der Waals surface area contributed by atoms with Crippen molar-refractivity contribution in [2.45, 2.75) is 13.0 Å². The van der Waals surface area contributed by atoms with E-state index in [1.165, 1.54) is 11.3 Å². The van der Waals surface area contributed by atoms with Gasteiger partial charge in [-0.1, -0.05) is 6.07 Å². The molecule has 25 heavy (non-hydrogen) atoms. The number of amides is 1. The highest BCUT2D eigenvalue weighted by atomic mass is 35.5. The standard InChI is InChI=1S/C16H21N3O4S.ClH/c1-21-12-5-4-10(14(22-2)15(12)23-3)6-7-18-16(20)11-9-24-13(8-17)19-11;/h4-5,9H,6-8,17H2,1-3H3,(H,18,20);1H. The Labute approximate surface area is 156 Å². The van der Waals surface area contributed by atoms with Gasteiger partial charge in [0.05, 0.1) is 21.3 Å². The summed E-state index contributed by atoms with van der Waals surface area (Å²) in [5.41, 5.74) is 6.80. The Kier molecular flexibility index (Phi) is 8.47. The van der Waals surface area contributed by atoms with E-state index in [0.717, 1.165) is 10.6 Å². The molecule has 0 fully saturated rings. The summed E-state index contributed by atoms with van der Waals surface area (Å²) in [7, 11) is 4.70. The fourth-order valence-electron chi connectivity index (χ4n) is 2.27. The van der Waals surface area contributed by atoms with Gasteiger partial charge in [-0.05, 0) is 12.5 Å². The summed E-state index contributed by atoms with van der Waals surface area (Å²) in [5, 5.41) is 5.28. The van der Waals surface area contributed by atoms with Crippen LogP contribution in [0.1, 0.15) is 21.1 Å². The third kappa shape index (κ3) is 4.97. The van der Waals surface area contributed by atoms with Crippen molar-refractivity contribution in [3.63, 3.8) is 0 Å². The molecule has 2 aromatic rings. The van der Waals surface area contributed by atoms with Gasteiger partial charge in [0, 0.05) is 24.0 Å². The minimum Gasteiger partial charge on any atom is -0.493 e. The molecule has 2 rings (SSSR count). The molecular formula is C16H22ClN3O4S. The van der Waals surface area contributed by atoms with Crippen LogP contribution < -0.4 is 25.3 Å². The monoisotopic (exact) mass is 387 g/mol. The van der Waals surface area contributed by atoms with E-state index in [0.29, 0.717) is 42.5 Å². The van der Waals surface area contributed by atoms with Crippen LogP contribution in [0, 0.1) is 0 Å². The molecule has 1 aromatic heterocycles. The summed E-state index contributed by atoms with van der Waals surface area (Å²) in [6, 6.07) is 3.70. The topological polar surface area (TPSA) is 95.7 Å². The van der Waals surface area contributed by atoms with Crippen LogP contribution in [-0.2, 0) is 13.0 Å². The van der Waals surface area contributed by atoms with E-state index < -0.39 is 0 Å². The minimum atomic E-state index is -0.217. The third-order valence-electron chi connectivity index (χ3n) is 3.42. The fraction of sp³-hybridized carbons (Fsp3) is 0.375. The number of aromatic nitrogens is 1. The number of nitrogens with zero attached hydrogens (tertiary/aromatic N) is 1. The van der Waals surface area contributed by atoms with Crippen LogP contribution in [0.4, 0.5) is 0 Å². The molecule has 0 saturated heterocycles. The fourth-order valence-corrected chi connectivity index (χ4v) is 2.92. The average molecular weight is 388 g/mol. The lowest BCUT2D eigenvalue weighted by atomic mass is 10.1. The van der Waals surface area contributed by atoms with Crippen molar-refractivity contribution >= 4 is 29.7 Å². The van der Waals surface area contributed by atoms with Crippen LogP contribution in [0.25, 0.3) is 0 Å². The predicted octanol–water partition coefficient (Wildman–Crippen LogP) is 2.02. The molecule has 0 aliphatic rings. The Morgan fingerprint density at radius 1 is 1.20 bits per heavy atom. The predicted molar refractivity (Wildman–Crippen MR) is 99.4 cm³/mol.